The molecule has 1 aromatic carbocycles. The summed E-state index contributed by atoms with van der Waals surface area (Å²) in [7, 11) is 0. The van der Waals surface area contributed by atoms with Crippen LogP contribution in [-0.2, 0) is 0 Å². The molecule has 0 bridgehead atoms. The summed E-state index contributed by atoms with van der Waals surface area (Å²) in [6, 6.07) is 5.62. The average molecular weight is 259 g/mol. The zero-order valence-corrected chi connectivity index (χ0v) is 11.4. The molecule has 3 heteroatoms. The van der Waals surface area contributed by atoms with E-state index in [0.717, 1.165) is 17.0 Å². The molecule has 0 radical (unpaired) electrons. The van der Waals surface area contributed by atoms with Crippen molar-refractivity contribution in [3.63, 3.8) is 0 Å². The molecule has 18 heavy (non-hydrogen) atoms. The van der Waals surface area contributed by atoms with Gasteiger partial charge in [0.25, 0.3) is 5.91 Å². The Morgan fingerprint density at radius 3 is 2.89 bits per heavy atom. The molecule has 0 spiro atoms. The van der Waals surface area contributed by atoms with Crippen LogP contribution in [0.5, 0.6) is 0 Å². The third-order valence-corrected chi connectivity index (χ3v) is 3.47. The summed E-state index contributed by atoms with van der Waals surface area (Å²) in [5.41, 5.74) is 1.68. The van der Waals surface area contributed by atoms with E-state index in [1.54, 1.807) is 4.90 Å². The molecule has 0 aromatic heterocycles. The van der Waals surface area contributed by atoms with Gasteiger partial charge in [0, 0.05) is 17.0 Å². The molecule has 0 aliphatic heterocycles. The van der Waals surface area contributed by atoms with Crippen LogP contribution < -0.4 is 0 Å². The Hall–Kier alpha value is -1.40. The highest BCUT2D eigenvalue weighted by Gasteiger charge is 2.27. The minimum atomic E-state index is 0.0215. The second-order valence-electron chi connectivity index (χ2n) is 4.83. The first kappa shape index (κ1) is 13.0. The van der Waals surface area contributed by atoms with E-state index in [1.807, 2.05) is 25.1 Å². The van der Waals surface area contributed by atoms with Gasteiger partial charge in [0.2, 0.25) is 0 Å². The van der Waals surface area contributed by atoms with Gasteiger partial charge in [-0.05, 0) is 43.4 Å². The Labute approximate surface area is 114 Å². The summed E-state index contributed by atoms with van der Waals surface area (Å²) in [6.45, 7) is 3.09. The zero-order valence-electron chi connectivity index (χ0n) is 10.5. The van der Waals surface area contributed by atoms with E-state index in [2.05, 4.69) is 18.5 Å². The lowest BCUT2D eigenvalue weighted by Gasteiger charge is -2.21. The van der Waals surface area contributed by atoms with Gasteiger partial charge < -0.3 is 4.90 Å². The number of amides is 1. The molecule has 1 fully saturated rings. The van der Waals surface area contributed by atoms with Crippen molar-refractivity contribution in [1.29, 1.82) is 0 Å². The number of terminal acetylenes is 1. The van der Waals surface area contributed by atoms with Crippen molar-refractivity contribution in [3.8, 4) is 12.3 Å². The molecule has 1 amide bonds. The lowest BCUT2D eigenvalue weighted by molar-refractivity contribution is 0.0769. The monoisotopic (exact) mass is 259 g/mol. The summed E-state index contributed by atoms with van der Waals surface area (Å²) in [4.78, 5) is 15.0. The second-order valence-corrected chi connectivity index (χ2v) is 5.35. The summed E-state index contributed by atoms with van der Waals surface area (Å²) in [5.74, 6) is 3.23. The van der Waals surface area contributed by atoms with Gasteiger partial charge in [-0.1, -0.05) is 12.0 Å². The zero-order chi connectivity index (χ0) is 13.1. The Kier molecular flexibility index (Phi) is 3.98. The van der Waals surface area contributed by atoms with Crippen LogP contribution in [0.25, 0.3) is 0 Å². The van der Waals surface area contributed by atoms with Crippen LogP contribution in [0.1, 0.15) is 28.8 Å². The molecule has 1 saturated carbocycles. The molecule has 0 unspecified atom stereocenters. The Morgan fingerprint density at radius 1 is 1.56 bits per heavy atom. The van der Waals surface area contributed by atoms with Crippen LogP contribution in [0, 0.1) is 25.2 Å². The number of thiol groups is 1. The number of hydrogen-bond donors (Lipinski definition) is 1. The summed E-state index contributed by atoms with van der Waals surface area (Å²) in [6.07, 6.45) is 7.77. The van der Waals surface area contributed by atoms with E-state index in [4.69, 9.17) is 6.42 Å². The van der Waals surface area contributed by atoms with Crippen molar-refractivity contribution in [2.24, 2.45) is 5.92 Å². The number of benzene rings is 1. The Bertz CT molecular complexity index is 500. The third-order valence-electron chi connectivity index (χ3n) is 3.20. The van der Waals surface area contributed by atoms with Crippen LogP contribution in [0.4, 0.5) is 0 Å². The molecule has 2 rings (SSSR count). The molecule has 0 atom stereocenters. The van der Waals surface area contributed by atoms with Gasteiger partial charge in [-0.3, -0.25) is 4.79 Å². The Balaban J connectivity index is 2.20. The largest absolute Gasteiger partial charge is 0.327 e. The van der Waals surface area contributed by atoms with Gasteiger partial charge in [0.1, 0.15) is 0 Å². The lowest BCUT2D eigenvalue weighted by atomic mass is 10.1. The molecule has 1 aliphatic carbocycles. The number of carbonyl (C=O) groups excluding carboxylic acids is 1. The van der Waals surface area contributed by atoms with Crippen LogP contribution in [0.2, 0.25) is 0 Å². The number of aryl methyl sites for hydroxylation is 1. The van der Waals surface area contributed by atoms with E-state index in [-0.39, 0.29) is 5.91 Å². The van der Waals surface area contributed by atoms with Crippen LogP contribution >= 0.6 is 12.6 Å². The SMILES string of the molecule is C#CCN(CC1CC1)C(=O)c1cc(S)ccc1C. The van der Waals surface area contributed by atoms with Gasteiger partial charge in [-0.25, -0.2) is 0 Å². The molecule has 0 N–H and O–H groups in total. The first-order chi connectivity index (χ1) is 8.61. The van der Waals surface area contributed by atoms with E-state index < -0.39 is 0 Å². The average Bonchev–Trinajstić information content (AvgIpc) is 3.15. The fourth-order valence-corrected chi connectivity index (χ4v) is 2.16. The van der Waals surface area contributed by atoms with Gasteiger partial charge in [0.15, 0.2) is 0 Å². The molecule has 1 aliphatic rings. The normalized spacial score (nSPS) is 14.1. The summed E-state index contributed by atoms with van der Waals surface area (Å²) < 4.78 is 0. The minimum Gasteiger partial charge on any atom is -0.327 e. The quantitative estimate of drug-likeness (QED) is 0.651. The fourth-order valence-electron chi connectivity index (χ4n) is 1.95. The van der Waals surface area contributed by atoms with Crippen molar-refractivity contribution in [2.75, 3.05) is 13.1 Å². The fraction of sp³-hybridized carbons (Fsp3) is 0.400. The molecule has 94 valence electrons. The summed E-state index contributed by atoms with van der Waals surface area (Å²) >= 11 is 4.29. The second kappa shape index (κ2) is 5.49. The first-order valence-electron chi connectivity index (χ1n) is 6.14. The molecular formula is C15H17NOS. The number of carbonyl (C=O) groups is 1. The van der Waals surface area contributed by atoms with Crippen LogP contribution in [-0.4, -0.2) is 23.9 Å². The highest BCUT2D eigenvalue weighted by atomic mass is 32.1. The standard InChI is InChI=1S/C15H17NOS/c1-3-8-16(10-12-5-6-12)15(17)14-9-13(18)7-4-11(14)2/h1,4,7,9,12,18H,5-6,8,10H2,2H3. The minimum absolute atomic E-state index is 0.0215. The van der Waals surface area contributed by atoms with Gasteiger partial charge in [-0.2, -0.15) is 0 Å². The first-order valence-corrected chi connectivity index (χ1v) is 6.59. The smallest absolute Gasteiger partial charge is 0.254 e. The maximum absolute atomic E-state index is 12.5. The highest BCUT2D eigenvalue weighted by molar-refractivity contribution is 7.80. The van der Waals surface area contributed by atoms with Crippen molar-refractivity contribution in [2.45, 2.75) is 24.7 Å². The van der Waals surface area contributed by atoms with Crippen LogP contribution in [0.15, 0.2) is 23.1 Å². The number of nitrogens with zero attached hydrogens (tertiary/aromatic N) is 1. The van der Waals surface area contributed by atoms with E-state index >= 15 is 0 Å². The molecule has 0 heterocycles. The molecular weight excluding hydrogens is 242 g/mol. The van der Waals surface area contributed by atoms with Crippen molar-refractivity contribution < 1.29 is 4.79 Å². The van der Waals surface area contributed by atoms with Gasteiger partial charge >= 0.3 is 0 Å². The van der Waals surface area contributed by atoms with E-state index in [0.29, 0.717) is 18.0 Å². The van der Waals surface area contributed by atoms with Gasteiger partial charge in [0.05, 0.1) is 6.54 Å². The van der Waals surface area contributed by atoms with Gasteiger partial charge in [-0.15, -0.1) is 19.1 Å². The van der Waals surface area contributed by atoms with Crippen molar-refractivity contribution in [3.05, 3.63) is 29.3 Å². The predicted molar refractivity (Wildman–Crippen MR) is 75.9 cm³/mol. The molecule has 1 aromatic rings. The molecule has 2 nitrogen and oxygen atoms in total. The highest BCUT2D eigenvalue weighted by Crippen LogP contribution is 2.30. The topological polar surface area (TPSA) is 20.3 Å². The van der Waals surface area contributed by atoms with Crippen LogP contribution in [0.3, 0.4) is 0 Å². The van der Waals surface area contributed by atoms with E-state index in [1.165, 1.54) is 12.8 Å². The third kappa shape index (κ3) is 3.08. The van der Waals surface area contributed by atoms with Crippen molar-refractivity contribution in [1.82, 2.24) is 4.90 Å². The maximum Gasteiger partial charge on any atom is 0.254 e. The van der Waals surface area contributed by atoms with E-state index in [9.17, 15) is 4.79 Å². The maximum atomic E-state index is 12.5. The predicted octanol–water partition coefficient (Wildman–Crippen LogP) is 2.77. The number of hydrogen-bond acceptors (Lipinski definition) is 2. The Morgan fingerprint density at radius 2 is 2.28 bits per heavy atom. The van der Waals surface area contributed by atoms with Crippen molar-refractivity contribution >= 4 is 18.5 Å². The lowest BCUT2D eigenvalue weighted by Crippen LogP contribution is -2.33. The number of rotatable bonds is 4. The molecule has 0 saturated heterocycles. The summed E-state index contributed by atoms with van der Waals surface area (Å²) in [5, 5.41) is 0.